The van der Waals surface area contributed by atoms with E-state index in [0.29, 0.717) is 32.0 Å². The number of rotatable bonds is 5. The molecule has 1 amide bonds. The van der Waals surface area contributed by atoms with Crippen LogP contribution < -0.4 is 5.32 Å². The Bertz CT molecular complexity index is 1150. The van der Waals surface area contributed by atoms with Crippen molar-refractivity contribution >= 4 is 33.0 Å². The summed E-state index contributed by atoms with van der Waals surface area (Å²) in [6, 6.07) is 13.5. The van der Waals surface area contributed by atoms with Gasteiger partial charge in [-0.05, 0) is 37.3 Å². The number of anilines is 1. The van der Waals surface area contributed by atoms with Gasteiger partial charge >= 0.3 is 0 Å². The van der Waals surface area contributed by atoms with Crippen LogP contribution in [0.5, 0.6) is 0 Å². The number of carbonyl (C=O) groups excluding carboxylic acids is 1. The van der Waals surface area contributed by atoms with Crippen molar-refractivity contribution < 1.29 is 17.9 Å². The lowest BCUT2D eigenvalue weighted by atomic mass is 10.1. The van der Waals surface area contributed by atoms with Gasteiger partial charge in [0.15, 0.2) is 0 Å². The van der Waals surface area contributed by atoms with E-state index in [0.717, 1.165) is 16.3 Å². The van der Waals surface area contributed by atoms with Crippen molar-refractivity contribution in [3.63, 3.8) is 0 Å². The number of aromatic nitrogens is 1. The van der Waals surface area contributed by atoms with E-state index in [1.807, 2.05) is 24.4 Å². The SMILES string of the molecule is Cc1nc(-c2ccc(NC(=O)c3cccc(S(=O)(=O)N4CCOCC4)c3)cc2)cs1. The topological polar surface area (TPSA) is 88.6 Å². The Balaban J connectivity index is 1.49. The molecule has 3 aromatic rings. The van der Waals surface area contributed by atoms with Crippen LogP contribution in [-0.4, -0.2) is 49.9 Å². The van der Waals surface area contributed by atoms with E-state index in [9.17, 15) is 13.2 Å². The number of hydrogen-bond acceptors (Lipinski definition) is 6. The number of amides is 1. The minimum Gasteiger partial charge on any atom is -0.379 e. The van der Waals surface area contributed by atoms with Crippen molar-refractivity contribution in [2.45, 2.75) is 11.8 Å². The predicted molar refractivity (Wildman–Crippen MR) is 116 cm³/mol. The van der Waals surface area contributed by atoms with E-state index < -0.39 is 10.0 Å². The Hall–Kier alpha value is -2.59. The summed E-state index contributed by atoms with van der Waals surface area (Å²) in [4.78, 5) is 17.2. The van der Waals surface area contributed by atoms with Gasteiger partial charge in [-0.2, -0.15) is 4.31 Å². The van der Waals surface area contributed by atoms with Crippen molar-refractivity contribution in [2.24, 2.45) is 0 Å². The fourth-order valence-corrected chi connectivity index (χ4v) is 5.23. The molecule has 1 N–H and O–H groups in total. The molecule has 156 valence electrons. The summed E-state index contributed by atoms with van der Waals surface area (Å²) < 4.78 is 32.3. The molecule has 7 nitrogen and oxygen atoms in total. The molecule has 1 aromatic heterocycles. The van der Waals surface area contributed by atoms with Crippen molar-refractivity contribution in [1.29, 1.82) is 0 Å². The number of nitrogens with zero attached hydrogens (tertiary/aromatic N) is 2. The number of sulfonamides is 1. The molecule has 1 saturated heterocycles. The van der Waals surface area contributed by atoms with E-state index in [4.69, 9.17) is 4.74 Å². The van der Waals surface area contributed by atoms with Crippen LogP contribution in [0, 0.1) is 6.92 Å². The monoisotopic (exact) mass is 443 g/mol. The van der Waals surface area contributed by atoms with Gasteiger partial charge in [0.2, 0.25) is 10.0 Å². The first-order valence-electron chi connectivity index (χ1n) is 9.45. The van der Waals surface area contributed by atoms with E-state index in [-0.39, 0.29) is 16.4 Å². The van der Waals surface area contributed by atoms with Crippen molar-refractivity contribution in [3.8, 4) is 11.3 Å². The van der Waals surface area contributed by atoms with Gasteiger partial charge < -0.3 is 10.1 Å². The molecule has 1 aliphatic heterocycles. The molecule has 0 saturated carbocycles. The van der Waals surface area contributed by atoms with Crippen LogP contribution in [0.3, 0.4) is 0 Å². The van der Waals surface area contributed by atoms with Crippen molar-refractivity contribution in [1.82, 2.24) is 9.29 Å². The Labute approximate surface area is 179 Å². The second-order valence-electron chi connectivity index (χ2n) is 6.83. The molecule has 0 unspecified atom stereocenters. The summed E-state index contributed by atoms with van der Waals surface area (Å²) >= 11 is 1.58. The highest BCUT2D eigenvalue weighted by Gasteiger charge is 2.26. The lowest BCUT2D eigenvalue weighted by Crippen LogP contribution is -2.40. The summed E-state index contributed by atoms with van der Waals surface area (Å²) in [5.74, 6) is -0.369. The third-order valence-electron chi connectivity index (χ3n) is 4.76. The minimum atomic E-state index is -3.66. The maximum atomic E-state index is 12.8. The first-order valence-corrected chi connectivity index (χ1v) is 11.8. The smallest absolute Gasteiger partial charge is 0.255 e. The van der Waals surface area contributed by atoms with Crippen LogP contribution in [0.1, 0.15) is 15.4 Å². The highest BCUT2D eigenvalue weighted by Crippen LogP contribution is 2.24. The van der Waals surface area contributed by atoms with E-state index in [1.54, 1.807) is 35.6 Å². The Morgan fingerprint density at radius 2 is 1.87 bits per heavy atom. The molecule has 1 aliphatic rings. The van der Waals surface area contributed by atoms with E-state index >= 15 is 0 Å². The van der Waals surface area contributed by atoms with Gasteiger partial charge in [0.1, 0.15) is 0 Å². The minimum absolute atomic E-state index is 0.103. The zero-order valence-corrected chi connectivity index (χ0v) is 18.0. The first kappa shape index (κ1) is 20.7. The molecule has 2 aromatic carbocycles. The largest absolute Gasteiger partial charge is 0.379 e. The van der Waals surface area contributed by atoms with Crippen molar-refractivity contribution in [3.05, 3.63) is 64.5 Å². The number of thiazole rings is 1. The lowest BCUT2D eigenvalue weighted by molar-refractivity contribution is 0.0730. The Morgan fingerprint density at radius 1 is 1.13 bits per heavy atom. The highest BCUT2D eigenvalue weighted by molar-refractivity contribution is 7.89. The third kappa shape index (κ3) is 4.44. The number of carbonyl (C=O) groups is 1. The van der Waals surface area contributed by atoms with Gasteiger partial charge in [-0.1, -0.05) is 18.2 Å². The van der Waals surface area contributed by atoms with Crippen LogP contribution >= 0.6 is 11.3 Å². The third-order valence-corrected chi connectivity index (χ3v) is 7.43. The average Bonchev–Trinajstić information content (AvgIpc) is 3.21. The van der Waals surface area contributed by atoms with Crippen molar-refractivity contribution in [2.75, 3.05) is 31.6 Å². The van der Waals surface area contributed by atoms with Crippen LogP contribution in [0.4, 0.5) is 5.69 Å². The zero-order valence-electron chi connectivity index (χ0n) is 16.4. The van der Waals surface area contributed by atoms with Gasteiger partial charge in [-0.15, -0.1) is 11.3 Å². The zero-order chi connectivity index (χ0) is 21.1. The van der Waals surface area contributed by atoms with Gasteiger partial charge in [-0.3, -0.25) is 4.79 Å². The molecule has 1 fully saturated rings. The quantitative estimate of drug-likeness (QED) is 0.653. The summed E-state index contributed by atoms with van der Waals surface area (Å²) in [6.45, 7) is 3.31. The predicted octanol–water partition coefficient (Wildman–Crippen LogP) is 3.39. The Morgan fingerprint density at radius 3 is 2.53 bits per heavy atom. The fraction of sp³-hybridized carbons (Fsp3) is 0.238. The molecule has 9 heteroatoms. The maximum absolute atomic E-state index is 12.8. The molecule has 0 bridgehead atoms. The van der Waals surface area contributed by atoms with E-state index in [2.05, 4.69) is 10.3 Å². The maximum Gasteiger partial charge on any atom is 0.255 e. The molecule has 0 spiro atoms. The van der Waals surface area contributed by atoms with E-state index in [1.165, 1.54) is 16.4 Å². The summed E-state index contributed by atoms with van der Waals surface area (Å²) in [5.41, 5.74) is 2.77. The molecule has 30 heavy (non-hydrogen) atoms. The van der Waals surface area contributed by atoms with Gasteiger partial charge in [0, 0.05) is 35.3 Å². The van der Waals surface area contributed by atoms with Gasteiger partial charge in [0.25, 0.3) is 5.91 Å². The molecule has 0 aliphatic carbocycles. The van der Waals surface area contributed by atoms with Crippen LogP contribution in [0.15, 0.2) is 58.8 Å². The standard InChI is InChI=1S/C21H21N3O4S2/c1-15-22-20(14-29-15)16-5-7-18(8-6-16)23-21(25)17-3-2-4-19(13-17)30(26,27)24-9-11-28-12-10-24/h2-8,13-14H,9-12H2,1H3,(H,23,25). The number of benzene rings is 2. The van der Waals surface area contributed by atoms with Gasteiger partial charge in [0.05, 0.1) is 28.8 Å². The normalized spacial score (nSPS) is 15.1. The second kappa shape index (κ2) is 8.65. The number of aryl methyl sites for hydroxylation is 1. The molecule has 4 rings (SSSR count). The molecular weight excluding hydrogens is 422 g/mol. The number of morpholine rings is 1. The fourth-order valence-electron chi connectivity index (χ4n) is 3.16. The van der Waals surface area contributed by atoms with Crippen LogP contribution in [0.25, 0.3) is 11.3 Å². The van der Waals surface area contributed by atoms with Crippen LogP contribution in [0.2, 0.25) is 0 Å². The molecular formula is C21H21N3O4S2. The first-order chi connectivity index (χ1) is 14.4. The summed E-state index contributed by atoms with van der Waals surface area (Å²) in [6.07, 6.45) is 0. The second-order valence-corrected chi connectivity index (χ2v) is 9.83. The summed E-state index contributed by atoms with van der Waals surface area (Å²) in [7, 11) is -3.66. The van der Waals surface area contributed by atoms with Crippen LogP contribution in [-0.2, 0) is 14.8 Å². The lowest BCUT2D eigenvalue weighted by Gasteiger charge is -2.26. The number of ether oxygens (including phenoxy) is 1. The Kier molecular flexibility index (Phi) is 5.96. The molecule has 0 atom stereocenters. The number of hydrogen-bond donors (Lipinski definition) is 1. The highest BCUT2D eigenvalue weighted by atomic mass is 32.2. The van der Waals surface area contributed by atoms with Gasteiger partial charge in [-0.25, -0.2) is 13.4 Å². The summed E-state index contributed by atoms with van der Waals surface area (Å²) in [5, 5.41) is 5.80. The molecule has 2 heterocycles. The average molecular weight is 444 g/mol. The molecule has 0 radical (unpaired) electrons. The number of nitrogens with one attached hydrogen (secondary N) is 1.